The van der Waals surface area contributed by atoms with Crippen LogP contribution in [-0.4, -0.2) is 25.6 Å². The molecule has 0 amide bonds. The average molecular weight is 382 g/mol. The number of carboxylic acids is 1. The first-order valence-electron chi connectivity index (χ1n) is 5.74. The van der Waals surface area contributed by atoms with Gasteiger partial charge < -0.3 is 9.67 Å². The number of aromatic nitrogens is 2. The van der Waals surface area contributed by atoms with Gasteiger partial charge in [0.1, 0.15) is 0 Å². The Balaban J connectivity index is 2.69. The monoisotopic (exact) mass is 381 g/mol. The summed E-state index contributed by atoms with van der Waals surface area (Å²) in [6, 6.07) is 2.03. The predicted octanol–water partition coefficient (Wildman–Crippen LogP) is 3.20. The Labute approximate surface area is 128 Å². The van der Waals surface area contributed by atoms with E-state index in [1.165, 1.54) is 0 Å². The van der Waals surface area contributed by atoms with Crippen molar-refractivity contribution in [2.45, 2.75) is 19.1 Å². The van der Waals surface area contributed by atoms with E-state index in [9.17, 15) is 28.1 Å². The molecule has 0 unspecified atom stereocenters. The van der Waals surface area contributed by atoms with Crippen LogP contribution >= 0.6 is 15.9 Å². The number of rotatable bonds is 4. The number of alkyl halides is 3. The summed E-state index contributed by atoms with van der Waals surface area (Å²) < 4.78 is 39.7. The van der Waals surface area contributed by atoms with Crippen molar-refractivity contribution in [3.05, 3.63) is 32.5 Å². The first-order valence-corrected chi connectivity index (χ1v) is 6.53. The van der Waals surface area contributed by atoms with E-state index in [1.807, 2.05) is 0 Å². The summed E-state index contributed by atoms with van der Waals surface area (Å²) in [6.45, 7) is -0.453. The maximum Gasteiger partial charge on any atom is 0.449 e. The molecule has 1 heterocycles. The highest BCUT2D eigenvalue weighted by atomic mass is 79.9. The third kappa shape index (κ3) is 3.03. The molecule has 0 fully saturated rings. The number of aryl methyl sites for hydroxylation is 1. The molecular weight excluding hydrogens is 375 g/mol. The smallest absolute Gasteiger partial charge is 0.449 e. The number of benzene rings is 1. The fourth-order valence-electron chi connectivity index (χ4n) is 1.92. The second-order valence-electron chi connectivity index (χ2n) is 4.28. The van der Waals surface area contributed by atoms with Crippen LogP contribution in [0.5, 0.6) is 0 Å². The highest BCUT2D eigenvalue weighted by Crippen LogP contribution is 2.35. The topological polar surface area (TPSA) is 98.3 Å². The van der Waals surface area contributed by atoms with E-state index in [2.05, 4.69) is 20.9 Å². The van der Waals surface area contributed by atoms with Gasteiger partial charge in [-0.3, -0.25) is 14.9 Å². The van der Waals surface area contributed by atoms with Gasteiger partial charge in [0.15, 0.2) is 0 Å². The van der Waals surface area contributed by atoms with Crippen LogP contribution < -0.4 is 0 Å². The highest BCUT2D eigenvalue weighted by molar-refractivity contribution is 9.10. The summed E-state index contributed by atoms with van der Waals surface area (Å²) in [5, 5.41) is 19.4. The largest absolute Gasteiger partial charge is 0.481 e. The van der Waals surface area contributed by atoms with Crippen LogP contribution in [0.1, 0.15) is 12.2 Å². The minimum absolute atomic E-state index is 0.0183. The van der Waals surface area contributed by atoms with E-state index in [-0.39, 0.29) is 15.5 Å². The van der Waals surface area contributed by atoms with Gasteiger partial charge >= 0.3 is 12.1 Å². The summed E-state index contributed by atoms with van der Waals surface area (Å²) in [5.41, 5.74) is -0.692. The maximum absolute atomic E-state index is 13.0. The number of hydrogen-bond donors (Lipinski definition) is 1. The number of carboxylic acid groups (broad SMARTS) is 1. The number of carbonyl (C=O) groups is 1. The first kappa shape index (κ1) is 16.2. The van der Waals surface area contributed by atoms with Gasteiger partial charge in [-0.05, 0) is 22.0 Å². The quantitative estimate of drug-likeness (QED) is 0.647. The molecule has 0 saturated carbocycles. The number of aliphatic carboxylic acids is 1. The van der Waals surface area contributed by atoms with E-state index in [0.717, 1.165) is 12.1 Å². The van der Waals surface area contributed by atoms with Crippen LogP contribution in [0, 0.1) is 10.1 Å². The van der Waals surface area contributed by atoms with Crippen molar-refractivity contribution in [1.82, 2.24) is 9.55 Å². The van der Waals surface area contributed by atoms with Gasteiger partial charge in [-0.25, -0.2) is 4.98 Å². The van der Waals surface area contributed by atoms with Crippen LogP contribution in [0.3, 0.4) is 0 Å². The molecule has 0 aliphatic carbocycles. The number of nitro benzene ring substituents is 1. The lowest BCUT2D eigenvalue weighted by atomic mass is 10.2. The molecule has 0 atom stereocenters. The minimum atomic E-state index is -4.81. The molecule has 1 aromatic carbocycles. The molecule has 0 saturated heterocycles. The Bertz CT molecular complexity index is 772. The SMILES string of the molecule is O=C(O)CCn1c(C(F)(F)F)nc2cc([N+](=O)[O-])c(Br)cc21. The number of fused-ring (bicyclic) bond motifs is 1. The van der Waals surface area contributed by atoms with E-state index in [1.54, 1.807) is 0 Å². The van der Waals surface area contributed by atoms with Crippen molar-refractivity contribution in [1.29, 1.82) is 0 Å². The third-order valence-corrected chi connectivity index (χ3v) is 3.45. The summed E-state index contributed by atoms with van der Waals surface area (Å²) in [6.07, 6.45) is -5.35. The highest BCUT2D eigenvalue weighted by Gasteiger charge is 2.38. The molecule has 0 bridgehead atoms. The van der Waals surface area contributed by atoms with Crippen molar-refractivity contribution in [3.63, 3.8) is 0 Å². The van der Waals surface area contributed by atoms with Gasteiger partial charge in [0, 0.05) is 12.6 Å². The fourth-order valence-corrected chi connectivity index (χ4v) is 2.40. The normalized spacial score (nSPS) is 11.8. The molecule has 1 N–H and O–H groups in total. The first-order chi connectivity index (χ1) is 10.1. The zero-order valence-electron chi connectivity index (χ0n) is 10.6. The van der Waals surface area contributed by atoms with Gasteiger partial charge in [0.05, 0.1) is 26.9 Å². The van der Waals surface area contributed by atoms with E-state index < -0.39 is 41.5 Å². The zero-order chi connectivity index (χ0) is 16.7. The van der Waals surface area contributed by atoms with Gasteiger partial charge in [0.25, 0.3) is 5.69 Å². The lowest BCUT2D eigenvalue weighted by Gasteiger charge is -2.10. The van der Waals surface area contributed by atoms with Gasteiger partial charge in [0.2, 0.25) is 5.82 Å². The van der Waals surface area contributed by atoms with Crippen LogP contribution in [0.15, 0.2) is 16.6 Å². The molecule has 2 aromatic rings. The van der Waals surface area contributed by atoms with Crippen LogP contribution in [0.25, 0.3) is 11.0 Å². The Hall–Kier alpha value is -2.17. The van der Waals surface area contributed by atoms with E-state index >= 15 is 0 Å². The summed E-state index contributed by atoms with van der Waals surface area (Å²) in [7, 11) is 0. The fraction of sp³-hybridized carbons (Fsp3) is 0.273. The van der Waals surface area contributed by atoms with Gasteiger partial charge in [-0.2, -0.15) is 13.2 Å². The predicted molar refractivity (Wildman–Crippen MR) is 71.3 cm³/mol. The zero-order valence-corrected chi connectivity index (χ0v) is 12.2. The lowest BCUT2D eigenvalue weighted by Crippen LogP contribution is -2.16. The minimum Gasteiger partial charge on any atom is -0.481 e. The second-order valence-corrected chi connectivity index (χ2v) is 5.13. The molecule has 0 radical (unpaired) electrons. The third-order valence-electron chi connectivity index (χ3n) is 2.82. The number of nitrogens with zero attached hydrogens (tertiary/aromatic N) is 3. The van der Waals surface area contributed by atoms with Crippen molar-refractivity contribution in [2.75, 3.05) is 0 Å². The standard InChI is InChI=1S/C11H7BrF3N3O4/c12-5-3-8-6(4-7(5)18(21)22)16-10(11(13,14)15)17(8)2-1-9(19)20/h3-4H,1-2H2,(H,19,20). The van der Waals surface area contributed by atoms with Crippen LogP contribution in [-0.2, 0) is 17.5 Å². The van der Waals surface area contributed by atoms with Crippen LogP contribution in [0.4, 0.5) is 18.9 Å². The molecule has 0 aliphatic rings. The number of hydrogen-bond acceptors (Lipinski definition) is 4. The van der Waals surface area contributed by atoms with Crippen molar-refractivity contribution in [3.8, 4) is 0 Å². The molecule has 118 valence electrons. The Morgan fingerprint density at radius 1 is 1.45 bits per heavy atom. The molecule has 0 aliphatic heterocycles. The lowest BCUT2D eigenvalue weighted by molar-refractivity contribution is -0.385. The molecule has 7 nitrogen and oxygen atoms in total. The average Bonchev–Trinajstić information content (AvgIpc) is 2.72. The van der Waals surface area contributed by atoms with Crippen molar-refractivity contribution < 1.29 is 28.0 Å². The number of nitro groups is 1. The van der Waals surface area contributed by atoms with E-state index in [0.29, 0.717) is 4.57 Å². The number of imidazole rings is 1. The Morgan fingerprint density at radius 3 is 2.59 bits per heavy atom. The molecule has 11 heteroatoms. The number of halogens is 4. The molecule has 1 aromatic heterocycles. The van der Waals surface area contributed by atoms with Crippen molar-refractivity contribution in [2.24, 2.45) is 0 Å². The Morgan fingerprint density at radius 2 is 2.09 bits per heavy atom. The van der Waals surface area contributed by atoms with Crippen LogP contribution in [0.2, 0.25) is 0 Å². The summed E-state index contributed by atoms with van der Waals surface area (Å²) >= 11 is 2.91. The maximum atomic E-state index is 13.0. The molecule has 0 spiro atoms. The summed E-state index contributed by atoms with van der Waals surface area (Å²) in [4.78, 5) is 24.0. The molecule has 2 rings (SSSR count). The van der Waals surface area contributed by atoms with E-state index in [4.69, 9.17) is 5.11 Å². The molecule has 22 heavy (non-hydrogen) atoms. The second kappa shape index (κ2) is 5.55. The van der Waals surface area contributed by atoms with Crippen molar-refractivity contribution >= 4 is 38.6 Å². The van der Waals surface area contributed by atoms with Gasteiger partial charge in [-0.15, -0.1) is 0 Å². The van der Waals surface area contributed by atoms with Gasteiger partial charge in [-0.1, -0.05) is 0 Å². The molecular formula is C11H7BrF3N3O4. The Kier molecular flexibility index (Phi) is 4.09. The summed E-state index contributed by atoms with van der Waals surface area (Å²) in [5.74, 6) is -2.56.